The van der Waals surface area contributed by atoms with Gasteiger partial charge < -0.3 is 4.90 Å². The Bertz CT molecular complexity index is 758. The smallest absolute Gasteiger partial charge is 0.307 e. The van der Waals surface area contributed by atoms with E-state index in [1.54, 1.807) is 4.90 Å². The van der Waals surface area contributed by atoms with Gasteiger partial charge in [-0.15, -0.1) is 6.58 Å². The van der Waals surface area contributed by atoms with Crippen LogP contribution in [0.5, 0.6) is 0 Å². The zero-order valence-electron chi connectivity index (χ0n) is 13.3. The van der Waals surface area contributed by atoms with E-state index in [1.165, 1.54) is 6.08 Å². The monoisotopic (exact) mass is 327 g/mol. The number of carbonyl (C=O) groups is 4. The molecule has 2 aliphatic rings. The van der Waals surface area contributed by atoms with Crippen molar-refractivity contribution in [3.63, 3.8) is 0 Å². The lowest BCUT2D eigenvalue weighted by Gasteiger charge is -2.24. The Hall–Kier alpha value is -2.96. The second-order valence-electron chi connectivity index (χ2n) is 5.82. The molecule has 7 nitrogen and oxygen atoms in total. The number of urea groups is 1. The number of rotatable bonds is 4. The van der Waals surface area contributed by atoms with E-state index in [1.807, 2.05) is 31.2 Å². The summed E-state index contributed by atoms with van der Waals surface area (Å²) >= 11 is 0. The van der Waals surface area contributed by atoms with Crippen LogP contribution in [0, 0.1) is 0 Å². The number of imide groups is 2. The third-order valence-corrected chi connectivity index (χ3v) is 4.22. The molecule has 1 saturated heterocycles. The Labute approximate surface area is 139 Å². The van der Waals surface area contributed by atoms with Crippen molar-refractivity contribution in [2.45, 2.75) is 19.4 Å². The molecule has 0 spiro atoms. The van der Waals surface area contributed by atoms with Gasteiger partial charge in [-0.1, -0.05) is 24.3 Å². The highest BCUT2D eigenvalue weighted by molar-refractivity contribution is 6.45. The van der Waals surface area contributed by atoms with E-state index in [4.69, 9.17) is 0 Å². The minimum Gasteiger partial charge on any atom is -0.307 e. The molecule has 1 aromatic carbocycles. The summed E-state index contributed by atoms with van der Waals surface area (Å²) in [7, 11) is 0. The third kappa shape index (κ3) is 2.38. The number of fused-ring (bicyclic) bond motifs is 1. The highest BCUT2D eigenvalue weighted by atomic mass is 16.2. The molecule has 0 aromatic heterocycles. The minimum absolute atomic E-state index is 0.0585. The predicted molar refractivity (Wildman–Crippen MR) is 86.1 cm³/mol. The van der Waals surface area contributed by atoms with Crippen molar-refractivity contribution in [1.29, 1.82) is 0 Å². The predicted octanol–water partition coefficient (Wildman–Crippen LogP) is 0.941. The second-order valence-corrected chi connectivity index (χ2v) is 5.82. The Morgan fingerprint density at radius 1 is 1.21 bits per heavy atom. The number of hydrogen-bond acceptors (Lipinski definition) is 4. The van der Waals surface area contributed by atoms with Crippen molar-refractivity contribution in [1.82, 2.24) is 9.80 Å². The molecule has 0 saturated carbocycles. The van der Waals surface area contributed by atoms with Gasteiger partial charge in [0.15, 0.2) is 0 Å². The first-order chi connectivity index (χ1) is 11.5. The maximum Gasteiger partial charge on any atom is 0.335 e. The van der Waals surface area contributed by atoms with Gasteiger partial charge in [0.05, 0.1) is 0 Å². The van der Waals surface area contributed by atoms with Crippen LogP contribution < -0.4 is 4.90 Å². The summed E-state index contributed by atoms with van der Waals surface area (Å²) in [4.78, 5) is 51.7. The number of carbonyl (C=O) groups excluding carboxylic acids is 4. The molecule has 2 heterocycles. The molecule has 0 bridgehead atoms. The fraction of sp³-hybridized carbons (Fsp3) is 0.294. The van der Waals surface area contributed by atoms with Crippen molar-refractivity contribution >= 4 is 29.4 Å². The number of benzene rings is 1. The van der Waals surface area contributed by atoms with Gasteiger partial charge in [0.1, 0.15) is 6.54 Å². The number of amides is 5. The van der Waals surface area contributed by atoms with E-state index < -0.39 is 24.4 Å². The summed E-state index contributed by atoms with van der Waals surface area (Å²) in [5.41, 5.74) is 1.82. The van der Waals surface area contributed by atoms with E-state index in [-0.39, 0.29) is 18.5 Å². The van der Waals surface area contributed by atoms with Crippen molar-refractivity contribution in [2.24, 2.45) is 0 Å². The van der Waals surface area contributed by atoms with Gasteiger partial charge in [0, 0.05) is 18.3 Å². The van der Waals surface area contributed by atoms with Crippen LogP contribution in [0.2, 0.25) is 0 Å². The molecular weight excluding hydrogens is 310 g/mol. The van der Waals surface area contributed by atoms with Crippen LogP contribution >= 0.6 is 0 Å². The molecule has 7 heteroatoms. The summed E-state index contributed by atoms with van der Waals surface area (Å²) < 4.78 is 0. The molecule has 0 radical (unpaired) electrons. The molecule has 2 aliphatic heterocycles. The number of para-hydroxylation sites is 1. The lowest BCUT2D eigenvalue weighted by Crippen LogP contribution is -2.45. The lowest BCUT2D eigenvalue weighted by molar-refractivity contribution is -0.143. The second kappa shape index (κ2) is 5.92. The first kappa shape index (κ1) is 15.9. The standard InChI is InChI=1S/C17H17N3O4/c1-3-8-18-15(22)16(23)19(17(18)24)10-14(21)20-11(2)9-12-6-4-5-7-13(12)20/h3-7,11H,1,8-10H2,2H3/t11-/m1/s1. The molecule has 124 valence electrons. The zero-order chi connectivity index (χ0) is 17.4. The topological polar surface area (TPSA) is 78.0 Å². The van der Waals surface area contributed by atoms with Gasteiger partial charge in [0.25, 0.3) is 0 Å². The maximum atomic E-state index is 12.7. The maximum absolute atomic E-state index is 12.7. The summed E-state index contributed by atoms with van der Waals surface area (Å²) in [5.74, 6) is -2.29. The summed E-state index contributed by atoms with van der Waals surface area (Å²) in [6.07, 6.45) is 2.07. The van der Waals surface area contributed by atoms with Crippen molar-refractivity contribution in [3.8, 4) is 0 Å². The Morgan fingerprint density at radius 3 is 2.58 bits per heavy atom. The highest BCUT2D eigenvalue weighted by Gasteiger charge is 2.45. The molecule has 1 atom stereocenters. The number of nitrogens with zero attached hydrogens (tertiary/aromatic N) is 3. The first-order valence-corrected chi connectivity index (χ1v) is 7.64. The summed E-state index contributed by atoms with van der Waals surface area (Å²) in [6, 6.07) is 6.67. The third-order valence-electron chi connectivity index (χ3n) is 4.22. The van der Waals surface area contributed by atoms with Gasteiger partial charge >= 0.3 is 17.8 Å². The SMILES string of the molecule is C=CCN1C(=O)C(=O)N(CC(=O)N2c3ccccc3C[C@H]2C)C1=O. The Balaban J connectivity index is 1.80. The van der Waals surface area contributed by atoms with E-state index in [0.717, 1.165) is 16.2 Å². The van der Waals surface area contributed by atoms with Gasteiger partial charge in [-0.3, -0.25) is 19.3 Å². The normalized spacial score (nSPS) is 20.0. The summed E-state index contributed by atoms with van der Waals surface area (Å²) in [5, 5.41) is 0. The highest BCUT2D eigenvalue weighted by Crippen LogP contribution is 2.32. The number of anilines is 1. The molecule has 1 fully saturated rings. The Kier molecular flexibility index (Phi) is 3.92. The fourth-order valence-electron chi connectivity index (χ4n) is 3.14. The van der Waals surface area contributed by atoms with Crippen LogP contribution in [-0.4, -0.2) is 52.7 Å². The largest absolute Gasteiger partial charge is 0.335 e. The fourth-order valence-corrected chi connectivity index (χ4v) is 3.14. The summed E-state index contributed by atoms with van der Waals surface area (Å²) in [6.45, 7) is 4.85. The molecule has 0 N–H and O–H groups in total. The number of hydrogen-bond donors (Lipinski definition) is 0. The molecule has 0 unspecified atom stereocenters. The van der Waals surface area contributed by atoms with Crippen molar-refractivity contribution in [3.05, 3.63) is 42.5 Å². The van der Waals surface area contributed by atoms with E-state index in [2.05, 4.69) is 6.58 Å². The van der Waals surface area contributed by atoms with Crippen molar-refractivity contribution < 1.29 is 19.2 Å². The minimum atomic E-state index is -0.977. The first-order valence-electron chi connectivity index (χ1n) is 7.64. The van der Waals surface area contributed by atoms with Crippen LogP contribution in [-0.2, 0) is 20.8 Å². The lowest BCUT2D eigenvalue weighted by atomic mass is 10.1. The molecule has 5 amide bonds. The molecule has 1 aromatic rings. The van der Waals surface area contributed by atoms with E-state index in [0.29, 0.717) is 11.3 Å². The quantitative estimate of drug-likeness (QED) is 0.468. The van der Waals surface area contributed by atoms with E-state index >= 15 is 0 Å². The average Bonchev–Trinajstić information content (AvgIpc) is 2.99. The van der Waals surface area contributed by atoms with Crippen LogP contribution in [0.1, 0.15) is 12.5 Å². The van der Waals surface area contributed by atoms with Crippen LogP contribution in [0.25, 0.3) is 0 Å². The molecule has 0 aliphatic carbocycles. The van der Waals surface area contributed by atoms with Crippen LogP contribution in [0.3, 0.4) is 0 Å². The van der Waals surface area contributed by atoms with E-state index in [9.17, 15) is 19.2 Å². The Morgan fingerprint density at radius 2 is 1.88 bits per heavy atom. The average molecular weight is 327 g/mol. The van der Waals surface area contributed by atoms with Crippen LogP contribution in [0.4, 0.5) is 10.5 Å². The van der Waals surface area contributed by atoms with Crippen LogP contribution in [0.15, 0.2) is 36.9 Å². The van der Waals surface area contributed by atoms with Crippen molar-refractivity contribution in [2.75, 3.05) is 18.0 Å². The van der Waals surface area contributed by atoms with Gasteiger partial charge in [-0.25, -0.2) is 9.69 Å². The van der Waals surface area contributed by atoms with Gasteiger partial charge in [0.2, 0.25) is 5.91 Å². The molecule has 24 heavy (non-hydrogen) atoms. The van der Waals surface area contributed by atoms with Gasteiger partial charge in [-0.05, 0) is 25.0 Å². The van der Waals surface area contributed by atoms with Gasteiger partial charge in [-0.2, -0.15) is 0 Å². The zero-order valence-corrected chi connectivity index (χ0v) is 13.3. The molecular formula is C17H17N3O4. The molecule has 3 rings (SSSR count).